The Labute approximate surface area is 140 Å². The molecule has 0 aromatic heterocycles. The fourth-order valence-corrected chi connectivity index (χ4v) is 2.36. The van der Waals surface area contributed by atoms with Crippen LogP contribution in [0.1, 0.15) is 11.1 Å². The molecule has 0 spiro atoms. The van der Waals surface area contributed by atoms with Gasteiger partial charge in [0.05, 0.1) is 26.4 Å². The number of nitrogens with one attached hydrogen (secondary N) is 1. The lowest BCUT2D eigenvalue weighted by Crippen LogP contribution is -2.13. The lowest BCUT2D eigenvalue weighted by Gasteiger charge is -2.14. The fraction of sp³-hybridized carbons (Fsp3) is 0.294. The predicted molar refractivity (Wildman–Crippen MR) is 88.1 cm³/mol. The van der Waals surface area contributed by atoms with Gasteiger partial charge in [-0.1, -0.05) is 17.7 Å². The van der Waals surface area contributed by atoms with Crippen molar-refractivity contribution in [2.75, 3.05) is 21.3 Å². The van der Waals surface area contributed by atoms with Crippen molar-refractivity contribution in [1.29, 1.82) is 0 Å². The van der Waals surface area contributed by atoms with E-state index in [4.69, 9.17) is 25.8 Å². The Morgan fingerprint density at radius 1 is 0.913 bits per heavy atom. The van der Waals surface area contributed by atoms with Crippen molar-refractivity contribution in [1.82, 2.24) is 5.32 Å². The topological polar surface area (TPSA) is 39.7 Å². The normalized spacial score (nSPS) is 10.5. The molecule has 0 radical (unpaired) electrons. The van der Waals surface area contributed by atoms with Gasteiger partial charge in [0.1, 0.15) is 5.82 Å². The van der Waals surface area contributed by atoms with E-state index in [0.29, 0.717) is 30.3 Å². The average molecular weight is 340 g/mol. The first-order chi connectivity index (χ1) is 11.1. The van der Waals surface area contributed by atoms with Crippen molar-refractivity contribution in [3.8, 4) is 17.2 Å². The van der Waals surface area contributed by atoms with Gasteiger partial charge in [-0.25, -0.2) is 4.39 Å². The van der Waals surface area contributed by atoms with Crippen LogP contribution in [0.5, 0.6) is 17.2 Å². The van der Waals surface area contributed by atoms with Crippen molar-refractivity contribution in [2.45, 2.75) is 13.1 Å². The first kappa shape index (κ1) is 17.4. The maximum absolute atomic E-state index is 13.4. The molecule has 0 amide bonds. The van der Waals surface area contributed by atoms with Crippen LogP contribution in [-0.4, -0.2) is 21.3 Å². The molecule has 0 unspecified atom stereocenters. The van der Waals surface area contributed by atoms with Crippen LogP contribution in [0.2, 0.25) is 5.02 Å². The molecule has 0 saturated carbocycles. The van der Waals surface area contributed by atoms with E-state index in [2.05, 4.69) is 5.32 Å². The number of benzene rings is 2. The maximum atomic E-state index is 13.4. The summed E-state index contributed by atoms with van der Waals surface area (Å²) < 4.78 is 29.3. The molecule has 0 heterocycles. The number of methoxy groups -OCH3 is 3. The summed E-state index contributed by atoms with van der Waals surface area (Å²) in [4.78, 5) is 0. The lowest BCUT2D eigenvalue weighted by atomic mass is 10.1. The smallest absolute Gasteiger partial charge is 0.203 e. The van der Waals surface area contributed by atoms with E-state index in [9.17, 15) is 4.39 Å². The molecule has 0 aliphatic heterocycles. The molecular weight excluding hydrogens is 321 g/mol. The van der Waals surface area contributed by atoms with Gasteiger partial charge in [0, 0.05) is 13.1 Å². The molecule has 2 rings (SSSR count). The van der Waals surface area contributed by atoms with E-state index >= 15 is 0 Å². The summed E-state index contributed by atoms with van der Waals surface area (Å²) in [6, 6.07) is 8.50. The van der Waals surface area contributed by atoms with Crippen LogP contribution in [-0.2, 0) is 13.1 Å². The van der Waals surface area contributed by atoms with Crippen LogP contribution in [0.3, 0.4) is 0 Å². The monoisotopic (exact) mass is 339 g/mol. The first-order valence-electron chi connectivity index (χ1n) is 7.02. The van der Waals surface area contributed by atoms with E-state index in [0.717, 1.165) is 11.1 Å². The van der Waals surface area contributed by atoms with Crippen molar-refractivity contribution in [3.05, 3.63) is 52.3 Å². The summed E-state index contributed by atoms with van der Waals surface area (Å²) in [6.07, 6.45) is 0. The molecule has 2 aromatic rings. The van der Waals surface area contributed by atoms with Crippen LogP contribution in [0.4, 0.5) is 4.39 Å². The van der Waals surface area contributed by atoms with Crippen molar-refractivity contribution < 1.29 is 18.6 Å². The molecule has 4 nitrogen and oxygen atoms in total. The van der Waals surface area contributed by atoms with Crippen LogP contribution in [0, 0.1) is 5.82 Å². The maximum Gasteiger partial charge on any atom is 0.203 e. The van der Waals surface area contributed by atoms with Gasteiger partial charge in [-0.3, -0.25) is 0 Å². The zero-order valence-corrected chi connectivity index (χ0v) is 14.0. The SMILES string of the molecule is COc1cc(CNCc2ccc(Cl)c(F)c2)cc(OC)c1OC. The van der Waals surface area contributed by atoms with Gasteiger partial charge in [0.15, 0.2) is 11.5 Å². The van der Waals surface area contributed by atoms with Crippen LogP contribution < -0.4 is 19.5 Å². The van der Waals surface area contributed by atoms with Crippen molar-refractivity contribution in [3.63, 3.8) is 0 Å². The predicted octanol–water partition coefficient (Wildman–Crippen LogP) is 3.79. The summed E-state index contributed by atoms with van der Waals surface area (Å²) in [5.41, 5.74) is 1.79. The van der Waals surface area contributed by atoms with Gasteiger partial charge < -0.3 is 19.5 Å². The van der Waals surface area contributed by atoms with Gasteiger partial charge in [-0.2, -0.15) is 0 Å². The summed E-state index contributed by atoms with van der Waals surface area (Å²) in [5, 5.41) is 3.37. The lowest BCUT2D eigenvalue weighted by molar-refractivity contribution is 0.323. The Bertz CT molecular complexity index is 654. The van der Waals surface area contributed by atoms with Gasteiger partial charge in [0.2, 0.25) is 5.75 Å². The molecule has 0 saturated heterocycles. The van der Waals surface area contributed by atoms with E-state index < -0.39 is 5.82 Å². The molecule has 6 heteroatoms. The molecule has 0 aliphatic rings. The van der Waals surface area contributed by atoms with Crippen LogP contribution >= 0.6 is 11.6 Å². The highest BCUT2D eigenvalue weighted by Crippen LogP contribution is 2.38. The molecule has 124 valence electrons. The minimum atomic E-state index is -0.418. The Hall–Kier alpha value is -1.98. The second-order valence-corrected chi connectivity index (χ2v) is 5.29. The van der Waals surface area contributed by atoms with Gasteiger partial charge >= 0.3 is 0 Å². The highest BCUT2D eigenvalue weighted by molar-refractivity contribution is 6.30. The minimum Gasteiger partial charge on any atom is -0.493 e. The van der Waals surface area contributed by atoms with Crippen molar-refractivity contribution in [2.24, 2.45) is 0 Å². The quantitative estimate of drug-likeness (QED) is 0.833. The van der Waals surface area contributed by atoms with Gasteiger partial charge in [-0.05, 0) is 35.4 Å². The highest BCUT2D eigenvalue weighted by atomic mass is 35.5. The van der Waals surface area contributed by atoms with E-state index in [1.807, 2.05) is 12.1 Å². The third-order valence-electron chi connectivity index (χ3n) is 3.37. The third kappa shape index (κ3) is 4.27. The highest BCUT2D eigenvalue weighted by Gasteiger charge is 2.12. The third-order valence-corrected chi connectivity index (χ3v) is 3.67. The summed E-state index contributed by atoms with van der Waals surface area (Å²) >= 11 is 5.67. The average Bonchev–Trinajstić information content (AvgIpc) is 2.57. The number of rotatable bonds is 7. The second-order valence-electron chi connectivity index (χ2n) is 4.89. The molecular formula is C17H19ClFNO3. The first-order valence-corrected chi connectivity index (χ1v) is 7.40. The Morgan fingerprint density at radius 3 is 2.04 bits per heavy atom. The van der Waals surface area contributed by atoms with Gasteiger partial charge in [0.25, 0.3) is 0 Å². The molecule has 0 aliphatic carbocycles. The Kier molecular flexibility index (Phi) is 6.07. The largest absolute Gasteiger partial charge is 0.493 e. The number of hydrogen-bond acceptors (Lipinski definition) is 4. The van der Waals surface area contributed by atoms with E-state index in [1.165, 1.54) is 6.07 Å². The second kappa shape index (κ2) is 8.04. The number of hydrogen-bond donors (Lipinski definition) is 1. The molecule has 2 aromatic carbocycles. The summed E-state index contributed by atoms with van der Waals surface area (Å²) in [5.74, 6) is 1.33. The summed E-state index contributed by atoms with van der Waals surface area (Å²) in [7, 11) is 4.71. The molecule has 0 fully saturated rings. The van der Waals surface area contributed by atoms with E-state index in [1.54, 1.807) is 33.5 Å². The van der Waals surface area contributed by atoms with Crippen molar-refractivity contribution >= 4 is 11.6 Å². The fourth-order valence-electron chi connectivity index (χ4n) is 2.24. The van der Waals surface area contributed by atoms with Gasteiger partial charge in [-0.15, -0.1) is 0 Å². The van der Waals surface area contributed by atoms with E-state index in [-0.39, 0.29) is 5.02 Å². The molecule has 0 bridgehead atoms. The molecule has 0 atom stereocenters. The number of halogens is 2. The molecule has 23 heavy (non-hydrogen) atoms. The van der Waals surface area contributed by atoms with Crippen LogP contribution in [0.25, 0.3) is 0 Å². The van der Waals surface area contributed by atoms with Crippen LogP contribution in [0.15, 0.2) is 30.3 Å². The summed E-state index contributed by atoms with van der Waals surface area (Å²) in [6.45, 7) is 1.09. The zero-order valence-electron chi connectivity index (χ0n) is 13.3. The molecule has 1 N–H and O–H groups in total. The zero-order chi connectivity index (χ0) is 16.8. The minimum absolute atomic E-state index is 0.123. The standard InChI is InChI=1S/C17H19ClFNO3/c1-21-15-7-12(8-16(22-2)17(15)23-3)10-20-9-11-4-5-13(18)14(19)6-11/h4-8,20H,9-10H2,1-3H3. The number of ether oxygens (including phenoxy) is 3. The Morgan fingerprint density at radius 2 is 1.52 bits per heavy atom. The Balaban J connectivity index is 2.06.